The van der Waals surface area contributed by atoms with Gasteiger partial charge in [-0.05, 0) is 48.7 Å². The highest BCUT2D eigenvalue weighted by atomic mass is 32.2. The van der Waals surface area contributed by atoms with E-state index in [1.54, 1.807) is 7.11 Å². The zero-order chi connectivity index (χ0) is 16.2. The van der Waals surface area contributed by atoms with E-state index in [0.717, 1.165) is 11.3 Å². The Hall–Kier alpha value is -2.19. The van der Waals surface area contributed by atoms with Crippen molar-refractivity contribution in [3.63, 3.8) is 0 Å². The Morgan fingerprint density at radius 3 is 2.13 bits per heavy atom. The van der Waals surface area contributed by atoms with Crippen molar-refractivity contribution >= 4 is 11.8 Å². The lowest BCUT2D eigenvalue weighted by Gasteiger charge is -2.13. The largest absolute Gasteiger partial charge is 0.496 e. The molecule has 116 valence electrons. The summed E-state index contributed by atoms with van der Waals surface area (Å²) in [6.07, 6.45) is 0. The van der Waals surface area contributed by atoms with Crippen LogP contribution in [0.2, 0.25) is 0 Å². The Balaban J connectivity index is 2.02. The van der Waals surface area contributed by atoms with Crippen molar-refractivity contribution in [2.75, 3.05) is 7.11 Å². The minimum Gasteiger partial charge on any atom is -0.496 e. The normalized spacial score (nSPS) is 10.6. The molecule has 0 saturated heterocycles. The zero-order valence-corrected chi connectivity index (χ0v) is 14.5. The number of aryl methyl sites for hydroxylation is 2. The maximum Gasteiger partial charge on any atom is 0.126 e. The van der Waals surface area contributed by atoms with Gasteiger partial charge in [0, 0.05) is 15.4 Å². The van der Waals surface area contributed by atoms with E-state index in [9.17, 15) is 0 Å². The summed E-state index contributed by atoms with van der Waals surface area (Å²) in [6, 6.07) is 23.2. The van der Waals surface area contributed by atoms with Crippen LogP contribution in [0.5, 0.6) is 5.75 Å². The van der Waals surface area contributed by atoms with Crippen LogP contribution in [-0.2, 0) is 0 Å². The number of ether oxygens (including phenoxy) is 1. The van der Waals surface area contributed by atoms with Gasteiger partial charge in [0.1, 0.15) is 5.75 Å². The molecular formula is C21H20OS. The molecule has 0 aliphatic heterocycles. The minimum atomic E-state index is 0.905. The van der Waals surface area contributed by atoms with Crippen molar-refractivity contribution in [3.8, 4) is 16.9 Å². The Morgan fingerprint density at radius 1 is 0.783 bits per heavy atom. The van der Waals surface area contributed by atoms with Crippen molar-refractivity contribution in [2.24, 2.45) is 0 Å². The average Bonchev–Trinajstić information content (AvgIpc) is 2.59. The van der Waals surface area contributed by atoms with Gasteiger partial charge in [0.15, 0.2) is 0 Å². The number of methoxy groups -OCH3 is 1. The summed E-state index contributed by atoms with van der Waals surface area (Å²) in [4.78, 5) is 2.55. The Labute approximate surface area is 142 Å². The van der Waals surface area contributed by atoms with Crippen molar-refractivity contribution in [1.29, 1.82) is 0 Å². The number of hydrogen-bond acceptors (Lipinski definition) is 2. The van der Waals surface area contributed by atoms with E-state index in [4.69, 9.17) is 4.74 Å². The highest BCUT2D eigenvalue weighted by molar-refractivity contribution is 7.99. The highest BCUT2D eigenvalue weighted by Crippen LogP contribution is 2.38. The second kappa shape index (κ2) is 6.93. The molecule has 0 radical (unpaired) electrons. The van der Waals surface area contributed by atoms with Gasteiger partial charge in [0.05, 0.1) is 7.11 Å². The van der Waals surface area contributed by atoms with Crippen LogP contribution in [0.3, 0.4) is 0 Å². The number of benzene rings is 3. The highest BCUT2D eigenvalue weighted by Gasteiger charge is 2.10. The summed E-state index contributed by atoms with van der Waals surface area (Å²) in [5.74, 6) is 0.905. The molecule has 0 spiro atoms. The standard InChI is InChI=1S/C21H20OS/c1-15-8-7-9-16(2)21(15)23-18-12-13-20(22-3)19(14-18)17-10-5-4-6-11-17/h4-14H,1-3H3. The van der Waals surface area contributed by atoms with Crippen molar-refractivity contribution in [1.82, 2.24) is 0 Å². The lowest BCUT2D eigenvalue weighted by Crippen LogP contribution is -1.89. The Morgan fingerprint density at radius 2 is 1.48 bits per heavy atom. The second-order valence-corrected chi connectivity index (χ2v) is 6.63. The van der Waals surface area contributed by atoms with Crippen LogP contribution in [0.15, 0.2) is 76.5 Å². The van der Waals surface area contributed by atoms with E-state index < -0.39 is 0 Å². The monoisotopic (exact) mass is 320 g/mol. The molecule has 23 heavy (non-hydrogen) atoms. The van der Waals surface area contributed by atoms with E-state index in [-0.39, 0.29) is 0 Å². The van der Waals surface area contributed by atoms with Crippen molar-refractivity contribution in [3.05, 3.63) is 77.9 Å². The smallest absolute Gasteiger partial charge is 0.126 e. The predicted molar refractivity (Wildman–Crippen MR) is 98.5 cm³/mol. The van der Waals surface area contributed by atoms with E-state index in [1.165, 1.54) is 26.5 Å². The molecule has 0 aliphatic rings. The lowest BCUT2D eigenvalue weighted by atomic mass is 10.1. The van der Waals surface area contributed by atoms with Gasteiger partial charge in [-0.15, -0.1) is 0 Å². The van der Waals surface area contributed by atoms with Gasteiger partial charge in [-0.2, -0.15) is 0 Å². The molecular weight excluding hydrogens is 300 g/mol. The summed E-state index contributed by atoms with van der Waals surface area (Å²) < 4.78 is 5.54. The molecule has 0 N–H and O–H groups in total. The molecule has 0 atom stereocenters. The van der Waals surface area contributed by atoms with Crippen LogP contribution >= 0.6 is 11.8 Å². The summed E-state index contributed by atoms with van der Waals surface area (Å²) >= 11 is 1.81. The molecule has 0 bridgehead atoms. The van der Waals surface area contributed by atoms with E-state index in [1.807, 2.05) is 17.8 Å². The molecule has 0 unspecified atom stereocenters. The fourth-order valence-corrected chi connectivity index (χ4v) is 3.68. The summed E-state index contributed by atoms with van der Waals surface area (Å²) in [5, 5.41) is 0. The molecule has 1 nitrogen and oxygen atoms in total. The third-order valence-electron chi connectivity index (χ3n) is 3.88. The van der Waals surface area contributed by atoms with Crippen LogP contribution in [0.25, 0.3) is 11.1 Å². The van der Waals surface area contributed by atoms with Gasteiger partial charge >= 0.3 is 0 Å². The van der Waals surface area contributed by atoms with Gasteiger partial charge < -0.3 is 4.74 Å². The van der Waals surface area contributed by atoms with Crippen LogP contribution in [0.4, 0.5) is 0 Å². The second-order valence-electron chi connectivity index (χ2n) is 5.55. The molecule has 0 aliphatic carbocycles. The first kappa shape index (κ1) is 15.7. The van der Waals surface area contributed by atoms with Crippen LogP contribution in [0.1, 0.15) is 11.1 Å². The maximum absolute atomic E-state index is 5.54. The van der Waals surface area contributed by atoms with Crippen molar-refractivity contribution in [2.45, 2.75) is 23.6 Å². The summed E-state index contributed by atoms with van der Waals surface area (Å²) in [7, 11) is 1.72. The number of hydrogen-bond donors (Lipinski definition) is 0. The molecule has 0 fully saturated rings. The topological polar surface area (TPSA) is 9.23 Å². The van der Waals surface area contributed by atoms with Gasteiger partial charge in [0.25, 0.3) is 0 Å². The average molecular weight is 320 g/mol. The van der Waals surface area contributed by atoms with Gasteiger partial charge in [-0.1, -0.05) is 60.3 Å². The third kappa shape index (κ3) is 3.43. The fraction of sp³-hybridized carbons (Fsp3) is 0.143. The SMILES string of the molecule is COc1ccc(Sc2c(C)cccc2C)cc1-c1ccccc1. The molecule has 0 heterocycles. The predicted octanol–water partition coefficient (Wildman–Crippen LogP) is 6.13. The summed E-state index contributed by atoms with van der Waals surface area (Å²) in [6.45, 7) is 4.33. The van der Waals surface area contributed by atoms with E-state index >= 15 is 0 Å². The molecule has 0 amide bonds. The molecule has 0 aromatic heterocycles. The Bertz CT molecular complexity index is 789. The van der Waals surface area contributed by atoms with E-state index in [2.05, 4.69) is 74.5 Å². The summed E-state index contributed by atoms with van der Waals surface area (Å²) in [5.41, 5.74) is 4.93. The minimum absolute atomic E-state index is 0.905. The molecule has 0 saturated carbocycles. The first-order valence-electron chi connectivity index (χ1n) is 7.66. The van der Waals surface area contributed by atoms with Gasteiger partial charge in [-0.3, -0.25) is 0 Å². The number of rotatable bonds is 4. The fourth-order valence-electron chi connectivity index (χ4n) is 2.67. The molecule has 3 rings (SSSR count). The van der Waals surface area contributed by atoms with Gasteiger partial charge in [-0.25, -0.2) is 0 Å². The van der Waals surface area contributed by atoms with Crippen LogP contribution < -0.4 is 4.74 Å². The molecule has 3 aromatic rings. The quantitative estimate of drug-likeness (QED) is 0.572. The van der Waals surface area contributed by atoms with E-state index in [0.29, 0.717) is 0 Å². The Kier molecular flexibility index (Phi) is 4.73. The first-order valence-corrected chi connectivity index (χ1v) is 8.48. The van der Waals surface area contributed by atoms with Crippen LogP contribution in [-0.4, -0.2) is 7.11 Å². The lowest BCUT2D eigenvalue weighted by molar-refractivity contribution is 0.416. The van der Waals surface area contributed by atoms with Crippen molar-refractivity contribution < 1.29 is 4.74 Å². The van der Waals surface area contributed by atoms with Gasteiger partial charge in [0.2, 0.25) is 0 Å². The molecule has 3 aromatic carbocycles. The third-order valence-corrected chi connectivity index (χ3v) is 5.22. The first-order chi connectivity index (χ1) is 11.2. The molecule has 2 heteroatoms. The van der Waals surface area contributed by atoms with Crippen LogP contribution in [0, 0.1) is 13.8 Å². The maximum atomic E-state index is 5.54. The zero-order valence-electron chi connectivity index (χ0n) is 13.7.